The van der Waals surface area contributed by atoms with Crippen LogP contribution in [0.25, 0.3) is 0 Å². The highest BCUT2D eigenvalue weighted by Crippen LogP contribution is 2.52. The van der Waals surface area contributed by atoms with Crippen molar-refractivity contribution < 1.29 is 36.6 Å². The fourth-order valence-corrected chi connectivity index (χ4v) is 2.04. The van der Waals surface area contributed by atoms with Gasteiger partial charge >= 0.3 is 12.1 Å². The van der Waals surface area contributed by atoms with Crippen molar-refractivity contribution in [3.63, 3.8) is 0 Å². The van der Waals surface area contributed by atoms with Crippen molar-refractivity contribution in [3.8, 4) is 0 Å². The molecule has 116 valence electrons. The summed E-state index contributed by atoms with van der Waals surface area (Å²) in [5.74, 6) is -6.04. The zero-order valence-corrected chi connectivity index (χ0v) is 10.8. The third-order valence-corrected chi connectivity index (χ3v) is 3.32. The minimum absolute atomic E-state index is 0.0530. The molecular formula is C12H15F5O3. The standard InChI is InChI=1S/C12H15F5O3/c1-7(2)9(18)20-6-8-3-4-11(13,14)10(19,5-8)12(15,16)17/h8,19H,1,3-6H2,2H3. The van der Waals surface area contributed by atoms with Gasteiger partial charge in [0.25, 0.3) is 5.92 Å². The molecule has 0 aromatic rings. The van der Waals surface area contributed by atoms with E-state index in [9.17, 15) is 31.9 Å². The van der Waals surface area contributed by atoms with Crippen LogP contribution in [0.5, 0.6) is 0 Å². The number of carbonyl (C=O) groups is 1. The Kier molecular flexibility index (Phi) is 4.48. The molecule has 1 fully saturated rings. The number of ether oxygens (including phenoxy) is 1. The van der Waals surface area contributed by atoms with Gasteiger partial charge in [-0.05, 0) is 25.7 Å². The summed E-state index contributed by atoms with van der Waals surface area (Å²) in [5.41, 5.74) is -4.03. The minimum Gasteiger partial charge on any atom is -0.462 e. The maximum atomic E-state index is 13.4. The van der Waals surface area contributed by atoms with Gasteiger partial charge in [0.15, 0.2) is 0 Å². The molecule has 0 bridgehead atoms. The number of esters is 1. The van der Waals surface area contributed by atoms with E-state index in [4.69, 9.17) is 0 Å². The summed E-state index contributed by atoms with van der Waals surface area (Å²) in [7, 11) is 0. The van der Waals surface area contributed by atoms with Gasteiger partial charge in [-0.3, -0.25) is 0 Å². The molecule has 1 aliphatic carbocycles. The van der Waals surface area contributed by atoms with Crippen LogP contribution < -0.4 is 0 Å². The van der Waals surface area contributed by atoms with Crippen molar-refractivity contribution in [2.75, 3.05) is 6.61 Å². The van der Waals surface area contributed by atoms with E-state index in [1.807, 2.05) is 0 Å². The molecule has 20 heavy (non-hydrogen) atoms. The molecule has 0 amide bonds. The molecule has 0 aromatic carbocycles. The lowest BCUT2D eigenvalue weighted by molar-refractivity contribution is -0.348. The van der Waals surface area contributed by atoms with Crippen LogP contribution >= 0.6 is 0 Å². The van der Waals surface area contributed by atoms with Crippen molar-refractivity contribution in [2.45, 2.75) is 43.9 Å². The highest BCUT2D eigenvalue weighted by atomic mass is 19.4. The van der Waals surface area contributed by atoms with Gasteiger partial charge in [0, 0.05) is 12.0 Å². The van der Waals surface area contributed by atoms with Crippen molar-refractivity contribution in [1.82, 2.24) is 0 Å². The summed E-state index contributed by atoms with van der Waals surface area (Å²) < 4.78 is 69.4. The first kappa shape index (κ1) is 16.9. The van der Waals surface area contributed by atoms with Gasteiger partial charge < -0.3 is 9.84 Å². The summed E-state index contributed by atoms with van der Waals surface area (Å²) in [6.07, 6.45) is -8.03. The summed E-state index contributed by atoms with van der Waals surface area (Å²) in [5, 5.41) is 9.35. The van der Waals surface area contributed by atoms with Crippen LogP contribution in [0, 0.1) is 5.92 Å². The lowest BCUT2D eigenvalue weighted by Gasteiger charge is -2.43. The van der Waals surface area contributed by atoms with Gasteiger partial charge in [0.05, 0.1) is 6.61 Å². The highest BCUT2D eigenvalue weighted by Gasteiger charge is 2.70. The van der Waals surface area contributed by atoms with Crippen LogP contribution in [0.1, 0.15) is 26.2 Å². The van der Waals surface area contributed by atoms with Gasteiger partial charge in [0.2, 0.25) is 5.60 Å². The van der Waals surface area contributed by atoms with Crippen molar-refractivity contribution in [3.05, 3.63) is 12.2 Å². The number of hydrogen-bond acceptors (Lipinski definition) is 3. The van der Waals surface area contributed by atoms with Crippen LogP contribution in [0.15, 0.2) is 12.2 Å². The Morgan fingerprint density at radius 2 is 2.00 bits per heavy atom. The molecule has 1 aliphatic rings. The first-order chi connectivity index (χ1) is 8.91. The fraction of sp³-hybridized carbons (Fsp3) is 0.750. The molecule has 1 rings (SSSR count). The maximum Gasteiger partial charge on any atom is 0.423 e. The normalized spacial score (nSPS) is 29.9. The third-order valence-electron chi connectivity index (χ3n) is 3.32. The molecule has 0 saturated heterocycles. The number of alkyl halides is 5. The quantitative estimate of drug-likeness (QED) is 0.495. The van der Waals surface area contributed by atoms with E-state index in [1.54, 1.807) is 0 Å². The molecule has 1 N–H and O–H groups in total. The largest absolute Gasteiger partial charge is 0.462 e. The number of hydrogen-bond donors (Lipinski definition) is 1. The van der Waals surface area contributed by atoms with Crippen LogP contribution in [0.3, 0.4) is 0 Å². The van der Waals surface area contributed by atoms with Gasteiger partial charge in [-0.2, -0.15) is 13.2 Å². The minimum atomic E-state index is -5.45. The predicted molar refractivity (Wildman–Crippen MR) is 59.1 cm³/mol. The van der Waals surface area contributed by atoms with E-state index in [0.717, 1.165) is 0 Å². The Labute approximate surface area is 112 Å². The fourth-order valence-electron chi connectivity index (χ4n) is 2.04. The van der Waals surface area contributed by atoms with Crippen LogP contribution in [0.2, 0.25) is 0 Å². The second-order valence-electron chi connectivity index (χ2n) is 5.05. The molecule has 8 heteroatoms. The first-order valence-corrected chi connectivity index (χ1v) is 5.90. The molecule has 3 nitrogen and oxygen atoms in total. The van der Waals surface area contributed by atoms with Crippen molar-refractivity contribution >= 4 is 5.97 Å². The number of rotatable bonds is 3. The molecule has 2 unspecified atom stereocenters. The Morgan fingerprint density at radius 1 is 1.45 bits per heavy atom. The van der Waals surface area contributed by atoms with Crippen LogP contribution in [0.4, 0.5) is 22.0 Å². The molecule has 0 aliphatic heterocycles. The van der Waals surface area contributed by atoms with Crippen LogP contribution in [-0.4, -0.2) is 35.4 Å². The van der Waals surface area contributed by atoms with E-state index in [1.165, 1.54) is 6.92 Å². The third kappa shape index (κ3) is 3.11. The van der Waals surface area contributed by atoms with E-state index in [0.29, 0.717) is 0 Å². The van der Waals surface area contributed by atoms with Gasteiger partial charge in [-0.15, -0.1) is 0 Å². The van der Waals surface area contributed by atoms with E-state index in [2.05, 4.69) is 11.3 Å². The smallest absolute Gasteiger partial charge is 0.423 e. The first-order valence-electron chi connectivity index (χ1n) is 5.90. The summed E-state index contributed by atoms with van der Waals surface area (Å²) in [4.78, 5) is 11.1. The van der Waals surface area contributed by atoms with Crippen LogP contribution in [-0.2, 0) is 9.53 Å². The van der Waals surface area contributed by atoms with Gasteiger partial charge in [-0.1, -0.05) is 6.58 Å². The predicted octanol–water partition coefficient (Wildman–Crippen LogP) is 2.83. The second kappa shape index (κ2) is 5.31. The maximum absolute atomic E-state index is 13.4. The summed E-state index contributed by atoms with van der Waals surface area (Å²) in [6.45, 7) is 4.18. The average molecular weight is 302 g/mol. The number of halogens is 5. The average Bonchev–Trinajstić information content (AvgIpc) is 2.28. The molecule has 2 atom stereocenters. The molecule has 0 heterocycles. The number of aliphatic hydroxyl groups is 1. The second-order valence-corrected chi connectivity index (χ2v) is 5.05. The zero-order chi connectivity index (χ0) is 15.8. The lowest BCUT2D eigenvalue weighted by Crippen LogP contribution is -2.62. The van der Waals surface area contributed by atoms with Crippen molar-refractivity contribution in [1.29, 1.82) is 0 Å². The monoisotopic (exact) mass is 302 g/mol. The molecule has 1 saturated carbocycles. The van der Waals surface area contributed by atoms with E-state index >= 15 is 0 Å². The Bertz CT molecular complexity index is 404. The lowest BCUT2D eigenvalue weighted by atomic mass is 9.75. The topological polar surface area (TPSA) is 46.5 Å². The Hall–Kier alpha value is -1.18. The molecule has 0 spiro atoms. The van der Waals surface area contributed by atoms with Gasteiger partial charge in [-0.25, -0.2) is 13.6 Å². The van der Waals surface area contributed by atoms with E-state index in [-0.39, 0.29) is 12.0 Å². The summed E-state index contributed by atoms with van der Waals surface area (Å²) in [6, 6.07) is 0. The Balaban J connectivity index is 2.77. The highest BCUT2D eigenvalue weighted by molar-refractivity contribution is 5.86. The Morgan fingerprint density at radius 3 is 2.45 bits per heavy atom. The summed E-state index contributed by atoms with van der Waals surface area (Å²) >= 11 is 0. The molecule has 0 aromatic heterocycles. The van der Waals surface area contributed by atoms with E-state index < -0.39 is 49.0 Å². The molecular weight excluding hydrogens is 287 g/mol. The molecule has 0 radical (unpaired) electrons. The van der Waals surface area contributed by atoms with Gasteiger partial charge in [0.1, 0.15) is 0 Å². The zero-order valence-electron chi connectivity index (χ0n) is 10.8. The SMILES string of the molecule is C=C(C)C(=O)OCC1CCC(F)(F)C(O)(C(F)(F)F)C1. The van der Waals surface area contributed by atoms with Crippen molar-refractivity contribution in [2.24, 2.45) is 5.92 Å². The number of carbonyl (C=O) groups excluding carboxylic acids is 1.